The van der Waals surface area contributed by atoms with Gasteiger partial charge < -0.3 is 25.4 Å². The molecule has 3 N–H and O–H groups in total. The number of hydrogen-bond acceptors (Lipinski definition) is 5. The lowest BCUT2D eigenvalue weighted by molar-refractivity contribution is -0.182. The Hall–Kier alpha value is -3.18. The molecular formula is C34H41Cl2F3N6O2. The van der Waals surface area contributed by atoms with Gasteiger partial charge in [-0.3, -0.25) is 9.59 Å². The Morgan fingerprint density at radius 1 is 1.04 bits per heavy atom. The van der Waals surface area contributed by atoms with E-state index < -0.39 is 17.5 Å². The molecule has 1 saturated heterocycles. The van der Waals surface area contributed by atoms with E-state index >= 15 is 0 Å². The molecule has 2 aromatic carbocycles. The minimum Gasteiger partial charge on any atom is -0.370 e. The van der Waals surface area contributed by atoms with E-state index in [1.807, 2.05) is 38.5 Å². The summed E-state index contributed by atoms with van der Waals surface area (Å²) in [6.07, 6.45) is -0.0282. The smallest absolute Gasteiger partial charge is 0.370 e. The Kier molecular flexibility index (Phi) is 8.87. The van der Waals surface area contributed by atoms with Gasteiger partial charge in [-0.25, -0.2) is 4.98 Å². The Balaban J connectivity index is 1.27. The number of fused-ring (bicyclic) bond motifs is 1. The fourth-order valence-corrected chi connectivity index (χ4v) is 7.47. The van der Waals surface area contributed by atoms with Gasteiger partial charge in [-0.2, -0.15) is 13.2 Å². The van der Waals surface area contributed by atoms with Crippen LogP contribution in [0.1, 0.15) is 81.6 Å². The third kappa shape index (κ3) is 6.75. The molecule has 3 fully saturated rings. The molecule has 13 heteroatoms. The highest BCUT2D eigenvalue weighted by molar-refractivity contribution is 6.39. The molecule has 47 heavy (non-hydrogen) atoms. The van der Waals surface area contributed by atoms with Gasteiger partial charge in [0, 0.05) is 43.6 Å². The van der Waals surface area contributed by atoms with Crippen molar-refractivity contribution in [1.29, 1.82) is 0 Å². The van der Waals surface area contributed by atoms with E-state index in [0.717, 1.165) is 24.3 Å². The number of amides is 2. The Bertz CT molecular complexity index is 1700. The van der Waals surface area contributed by atoms with E-state index in [4.69, 9.17) is 28.2 Å². The van der Waals surface area contributed by atoms with E-state index in [9.17, 15) is 22.8 Å². The Morgan fingerprint density at radius 3 is 2.32 bits per heavy atom. The van der Waals surface area contributed by atoms with Crippen molar-refractivity contribution in [2.45, 2.75) is 84.5 Å². The number of benzene rings is 2. The summed E-state index contributed by atoms with van der Waals surface area (Å²) in [5.41, 5.74) is 3.50. The van der Waals surface area contributed by atoms with Gasteiger partial charge in [0.25, 0.3) is 5.91 Å². The fourth-order valence-electron chi connectivity index (χ4n) is 6.94. The van der Waals surface area contributed by atoms with Crippen LogP contribution in [0, 0.1) is 16.7 Å². The number of nitrogens with one attached hydrogen (secondary N) is 3. The van der Waals surface area contributed by atoms with Crippen LogP contribution in [0.4, 0.5) is 30.5 Å². The highest BCUT2D eigenvalue weighted by Gasteiger charge is 2.48. The maximum Gasteiger partial charge on any atom is 0.391 e. The Morgan fingerprint density at radius 2 is 1.72 bits per heavy atom. The minimum atomic E-state index is -4.20. The largest absolute Gasteiger partial charge is 0.391 e. The molecule has 1 aliphatic heterocycles. The monoisotopic (exact) mass is 692 g/mol. The normalized spacial score (nSPS) is 20.9. The highest BCUT2D eigenvalue weighted by atomic mass is 35.5. The number of rotatable bonds is 7. The molecule has 2 aliphatic carbocycles. The van der Waals surface area contributed by atoms with Crippen LogP contribution in [0.15, 0.2) is 24.3 Å². The summed E-state index contributed by atoms with van der Waals surface area (Å²) < 4.78 is 41.6. The number of halogens is 5. The van der Waals surface area contributed by atoms with Crippen LogP contribution in [0.2, 0.25) is 10.0 Å². The summed E-state index contributed by atoms with van der Waals surface area (Å²) in [6.45, 7) is 7.45. The Labute approximate surface area is 282 Å². The zero-order valence-electron chi connectivity index (χ0n) is 27.1. The van der Waals surface area contributed by atoms with Crippen molar-refractivity contribution in [2.75, 3.05) is 23.3 Å². The van der Waals surface area contributed by atoms with E-state index in [2.05, 4.69) is 20.9 Å². The van der Waals surface area contributed by atoms with Crippen LogP contribution < -0.4 is 20.9 Å². The van der Waals surface area contributed by atoms with Gasteiger partial charge in [0.2, 0.25) is 11.9 Å². The van der Waals surface area contributed by atoms with Crippen LogP contribution >= 0.6 is 23.2 Å². The van der Waals surface area contributed by atoms with E-state index in [0.29, 0.717) is 56.6 Å². The van der Waals surface area contributed by atoms with Gasteiger partial charge in [0.1, 0.15) is 0 Å². The molecule has 0 unspecified atom stereocenters. The number of alkyl halides is 3. The number of aryl methyl sites for hydroxylation is 1. The van der Waals surface area contributed by atoms with Crippen molar-refractivity contribution in [2.24, 2.45) is 23.8 Å². The number of carbonyl (C=O) groups is 2. The van der Waals surface area contributed by atoms with Crippen molar-refractivity contribution >= 4 is 63.4 Å². The number of imidazole rings is 1. The predicted molar refractivity (Wildman–Crippen MR) is 180 cm³/mol. The molecule has 6 rings (SSSR count). The van der Waals surface area contributed by atoms with E-state index in [-0.39, 0.29) is 37.2 Å². The number of carbonyl (C=O) groups excluding carboxylic acids is 2. The molecule has 2 amide bonds. The summed E-state index contributed by atoms with van der Waals surface area (Å²) in [6, 6.07) is 6.89. The maximum atomic E-state index is 13.8. The quantitative estimate of drug-likeness (QED) is 0.233. The van der Waals surface area contributed by atoms with Gasteiger partial charge in [-0.15, -0.1) is 0 Å². The summed E-state index contributed by atoms with van der Waals surface area (Å²) in [5.74, 6) is -1.27. The fraction of sp³-hybridized carbons (Fsp3) is 0.559. The highest BCUT2D eigenvalue weighted by Crippen LogP contribution is 2.50. The molecule has 1 spiro atoms. The first-order chi connectivity index (χ1) is 22.0. The first kappa shape index (κ1) is 33.7. The van der Waals surface area contributed by atoms with E-state index in [1.165, 1.54) is 19.3 Å². The molecule has 1 aromatic heterocycles. The number of hydrogen-bond donors (Lipinski definition) is 3. The molecule has 0 atom stereocenters. The van der Waals surface area contributed by atoms with Crippen molar-refractivity contribution in [1.82, 2.24) is 20.2 Å². The zero-order valence-corrected chi connectivity index (χ0v) is 28.6. The van der Waals surface area contributed by atoms with Crippen molar-refractivity contribution in [3.8, 4) is 0 Å². The van der Waals surface area contributed by atoms with Crippen LogP contribution in [0.25, 0.3) is 11.0 Å². The van der Waals surface area contributed by atoms with Gasteiger partial charge in [-0.1, -0.05) is 56.5 Å². The minimum absolute atomic E-state index is 0.0134. The standard InChI is InChI=1S/C34H41Cl2F3N6O2/c1-32(2,3)30(47)40-16-19-6-11-23(35)28(27(19)36)43-31-42-24-14-22(29(46)41-21-9-7-20(8-10-21)34(37,38)39)25(15-26(24)44(31)4)45-17-33(18-45)12-5-13-33/h6,11,14-15,20-21H,5,7-10,12-13,16-18H2,1-4H3,(H,40,47)(H,41,46)(H,42,43). The van der Waals surface area contributed by atoms with Crippen molar-refractivity contribution in [3.05, 3.63) is 45.4 Å². The third-order valence-corrected chi connectivity index (χ3v) is 10.9. The maximum absolute atomic E-state index is 13.8. The molecule has 254 valence electrons. The second kappa shape index (κ2) is 12.4. The lowest BCUT2D eigenvalue weighted by Crippen LogP contribution is -2.60. The second-order valence-electron chi connectivity index (χ2n) is 14.6. The van der Waals surface area contributed by atoms with Crippen LogP contribution in [-0.2, 0) is 18.4 Å². The molecule has 8 nitrogen and oxygen atoms in total. The summed E-state index contributed by atoms with van der Waals surface area (Å²) in [5, 5.41) is 9.93. The molecule has 2 heterocycles. The number of anilines is 3. The first-order valence-electron chi connectivity index (χ1n) is 16.2. The van der Waals surface area contributed by atoms with Gasteiger partial charge in [0.05, 0.1) is 43.9 Å². The second-order valence-corrected chi connectivity index (χ2v) is 15.4. The van der Waals surface area contributed by atoms with Crippen LogP contribution in [0.3, 0.4) is 0 Å². The topological polar surface area (TPSA) is 91.3 Å². The molecule has 0 bridgehead atoms. The number of aromatic nitrogens is 2. The SMILES string of the molecule is Cn1c(Nc2c(Cl)ccc(CNC(=O)C(C)(C)C)c2Cl)nc2cc(C(=O)NC3CCC(C(F)(F)F)CC3)c(N3CC4(CCC4)C3)cc21. The lowest BCUT2D eigenvalue weighted by atomic mass is 9.63. The zero-order chi connectivity index (χ0) is 33.9. The summed E-state index contributed by atoms with van der Waals surface area (Å²) in [4.78, 5) is 33.2. The molecule has 3 aromatic rings. The molecule has 2 saturated carbocycles. The first-order valence-corrected chi connectivity index (χ1v) is 17.0. The summed E-state index contributed by atoms with van der Waals surface area (Å²) >= 11 is 13.4. The van der Waals surface area contributed by atoms with Crippen LogP contribution in [0.5, 0.6) is 0 Å². The average molecular weight is 694 g/mol. The lowest BCUT2D eigenvalue weighted by Gasteiger charge is -2.57. The number of nitrogens with zero attached hydrogens (tertiary/aromatic N) is 3. The molecular weight excluding hydrogens is 652 g/mol. The predicted octanol–water partition coefficient (Wildman–Crippen LogP) is 8.13. The third-order valence-electron chi connectivity index (χ3n) is 10.1. The molecule has 0 radical (unpaired) electrons. The van der Waals surface area contributed by atoms with Gasteiger partial charge >= 0.3 is 6.18 Å². The summed E-state index contributed by atoms with van der Waals surface area (Å²) in [7, 11) is 1.86. The van der Waals surface area contributed by atoms with Crippen LogP contribution in [-0.4, -0.2) is 46.7 Å². The molecule has 3 aliphatic rings. The van der Waals surface area contributed by atoms with Crippen molar-refractivity contribution < 1.29 is 22.8 Å². The van der Waals surface area contributed by atoms with Gasteiger partial charge in [0.15, 0.2) is 0 Å². The van der Waals surface area contributed by atoms with Crippen molar-refractivity contribution in [3.63, 3.8) is 0 Å². The average Bonchev–Trinajstić information content (AvgIpc) is 3.26. The van der Waals surface area contributed by atoms with E-state index in [1.54, 1.807) is 18.2 Å². The van der Waals surface area contributed by atoms with Gasteiger partial charge in [-0.05, 0) is 62.3 Å².